The van der Waals surface area contributed by atoms with Gasteiger partial charge in [-0.3, -0.25) is 0 Å². The molecule has 0 amide bonds. The lowest BCUT2D eigenvalue weighted by atomic mass is 9.83. The second-order valence-electron chi connectivity index (χ2n) is 8.70. The molecular formula is C23H43O5+. The Bertz CT molecular complexity index is 357. The van der Waals surface area contributed by atoms with Gasteiger partial charge in [-0.2, -0.15) is 0 Å². The molecule has 2 aliphatic carbocycles. The summed E-state index contributed by atoms with van der Waals surface area (Å²) in [5.41, 5.74) is 0. The third-order valence-corrected chi connectivity index (χ3v) is 6.55. The number of hydrogen-bond acceptors (Lipinski definition) is 4. The van der Waals surface area contributed by atoms with Crippen molar-refractivity contribution in [1.82, 2.24) is 0 Å². The summed E-state index contributed by atoms with van der Waals surface area (Å²) in [5.74, 6) is 0.777. The van der Waals surface area contributed by atoms with Crippen LogP contribution in [0.5, 0.6) is 0 Å². The Kier molecular flexibility index (Phi) is 11.2. The fraction of sp³-hybridized carbons (Fsp3) is 1.00. The van der Waals surface area contributed by atoms with E-state index < -0.39 is 0 Å². The molecule has 0 spiro atoms. The van der Waals surface area contributed by atoms with Crippen LogP contribution in [-0.2, 0) is 18.9 Å². The highest BCUT2D eigenvalue weighted by molar-refractivity contribution is 4.77. The Balaban J connectivity index is 1.42. The van der Waals surface area contributed by atoms with E-state index in [9.17, 15) is 0 Å². The number of fused-ring (bicyclic) bond motifs is 2. The average Bonchev–Trinajstić information content (AvgIpc) is 2.73. The maximum absolute atomic E-state index is 6.13. The van der Waals surface area contributed by atoms with Crippen molar-refractivity contribution >= 4 is 0 Å². The van der Waals surface area contributed by atoms with Crippen molar-refractivity contribution in [1.29, 1.82) is 0 Å². The summed E-state index contributed by atoms with van der Waals surface area (Å²) in [6.45, 7) is 5.38. The van der Waals surface area contributed by atoms with Crippen molar-refractivity contribution in [2.24, 2.45) is 5.92 Å². The molecular weight excluding hydrogens is 356 g/mol. The molecule has 3 aliphatic rings. The zero-order chi connectivity index (χ0) is 19.3. The quantitative estimate of drug-likeness (QED) is 0.577. The summed E-state index contributed by atoms with van der Waals surface area (Å²) in [6.07, 6.45) is 15.8. The van der Waals surface area contributed by atoms with Crippen LogP contribution in [0.4, 0.5) is 0 Å². The Labute approximate surface area is 171 Å². The molecule has 164 valence electrons. The Morgan fingerprint density at radius 2 is 1.14 bits per heavy atom. The van der Waals surface area contributed by atoms with Crippen LogP contribution in [0.3, 0.4) is 0 Å². The standard InChI is InChI=1S/C23H42O5/c1-2-10-21-20(8-1)9-5-6-13-24-14-7-15-26-22-11-3-4-12-23(22)28-19-17-25-16-18-27-21/h20-23H,1-19H2/p+1. The first-order valence-corrected chi connectivity index (χ1v) is 12.0. The summed E-state index contributed by atoms with van der Waals surface area (Å²) >= 11 is 0. The molecule has 4 atom stereocenters. The van der Waals surface area contributed by atoms with Crippen molar-refractivity contribution in [3.05, 3.63) is 0 Å². The van der Waals surface area contributed by atoms with E-state index in [1.54, 1.807) is 0 Å². The van der Waals surface area contributed by atoms with Gasteiger partial charge in [-0.05, 0) is 44.9 Å². The van der Waals surface area contributed by atoms with E-state index in [1.807, 2.05) is 0 Å². The lowest BCUT2D eigenvalue weighted by molar-refractivity contribution is -0.162. The normalized spacial score (nSPS) is 36.0. The fourth-order valence-corrected chi connectivity index (χ4v) is 4.96. The maximum Gasteiger partial charge on any atom is 0.168 e. The molecule has 5 nitrogen and oxygen atoms in total. The molecule has 3 fully saturated rings. The van der Waals surface area contributed by atoms with E-state index in [-0.39, 0.29) is 12.2 Å². The smallest absolute Gasteiger partial charge is 0.168 e. The van der Waals surface area contributed by atoms with E-state index in [0.717, 1.165) is 58.2 Å². The summed E-state index contributed by atoms with van der Waals surface area (Å²) < 4.78 is 28.8. The highest BCUT2D eigenvalue weighted by Gasteiger charge is 2.29. The lowest BCUT2D eigenvalue weighted by Gasteiger charge is -2.31. The summed E-state index contributed by atoms with van der Waals surface area (Å²) in [6, 6.07) is 0. The van der Waals surface area contributed by atoms with Gasteiger partial charge in [-0.15, -0.1) is 0 Å². The fourth-order valence-electron chi connectivity index (χ4n) is 4.96. The lowest BCUT2D eigenvalue weighted by Crippen LogP contribution is -2.36. The minimum Gasteiger partial charge on any atom is -0.430 e. The van der Waals surface area contributed by atoms with Gasteiger partial charge in [0, 0.05) is 32.2 Å². The van der Waals surface area contributed by atoms with Crippen LogP contribution in [0.2, 0.25) is 0 Å². The molecule has 0 aromatic rings. The van der Waals surface area contributed by atoms with E-state index in [4.69, 9.17) is 23.7 Å². The van der Waals surface area contributed by atoms with E-state index in [0.29, 0.717) is 19.3 Å². The molecule has 3 rings (SSSR count). The molecule has 0 bridgehead atoms. The largest absolute Gasteiger partial charge is 0.430 e. The van der Waals surface area contributed by atoms with E-state index in [2.05, 4.69) is 0 Å². The first-order chi connectivity index (χ1) is 13.9. The Morgan fingerprint density at radius 3 is 2.00 bits per heavy atom. The van der Waals surface area contributed by atoms with Gasteiger partial charge in [0.05, 0.1) is 25.4 Å². The molecule has 1 saturated heterocycles. The van der Waals surface area contributed by atoms with Crippen LogP contribution in [0.1, 0.15) is 77.0 Å². The van der Waals surface area contributed by atoms with Crippen molar-refractivity contribution in [2.45, 2.75) is 95.4 Å². The van der Waals surface area contributed by atoms with Gasteiger partial charge >= 0.3 is 0 Å². The molecule has 5 heteroatoms. The highest BCUT2D eigenvalue weighted by atomic mass is 16.6. The number of aliphatic hydroxyl groups is 2. The minimum atomic E-state index is 0.233. The third kappa shape index (κ3) is 8.27. The van der Waals surface area contributed by atoms with Crippen molar-refractivity contribution in [3.8, 4) is 0 Å². The van der Waals surface area contributed by atoms with Gasteiger partial charge in [0.1, 0.15) is 6.61 Å². The zero-order valence-corrected chi connectivity index (χ0v) is 17.8. The first-order valence-electron chi connectivity index (χ1n) is 12.0. The van der Waals surface area contributed by atoms with Gasteiger partial charge < -0.3 is 23.7 Å². The number of rotatable bonds is 0. The zero-order valence-electron chi connectivity index (χ0n) is 17.8. The van der Waals surface area contributed by atoms with E-state index >= 15 is 0 Å². The summed E-state index contributed by atoms with van der Waals surface area (Å²) in [5, 5.41) is 0. The van der Waals surface area contributed by atoms with E-state index in [1.165, 1.54) is 57.8 Å². The molecule has 2 saturated carbocycles. The molecule has 0 radical (unpaired) electrons. The molecule has 1 heterocycles. The number of ether oxygens (including phenoxy) is 5. The van der Waals surface area contributed by atoms with Crippen LogP contribution in [-0.4, -0.2) is 69.3 Å². The minimum absolute atomic E-state index is 0.233. The first kappa shape index (κ1) is 22.5. The summed E-state index contributed by atoms with van der Waals surface area (Å²) in [7, 11) is 0. The predicted octanol–water partition coefficient (Wildman–Crippen LogP) is 4.02. The second kappa shape index (κ2) is 13.9. The van der Waals surface area contributed by atoms with Gasteiger partial charge in [0.25, 0.3) is 0 Å². The molecule has 0 aromatic carbocycles. The second-order valence-corrected chi connectivity index (χ2v) is 8.70. The van der Waals surface area contributed by atoms with Gasteiger partial charge in [-0.25, -0.2) is 0 Å². The van der Waals surface area contributed by atoms with Crippen LogP contribution in [0, 0.1) is 5.92 Å². The molecule has 1 N–H and O–H groups in total. The third-order valence-electron chi connectivity index (χ3n) is 6.55. The number of hydrogen-bond donors (Lipinski definition) is 0. The van der Waals surface area contributed by atoms with Gasteiger partial charge in [0.2, 0.25) is 0 Å². The molecule has 4 unspecified atom stereocenters. The Hall–Kier alpha value is -0.200. The summed E-state index contributed by atoms with van der Waals surface area (Å²) in [4.78, 5) is 0. The predicted molar refractivity (Wildman–Crippen MR) is 111 cm³/mol. The highest BCUT2D eigenvalue weighted by Crippen LogP contribution is 2.30. The van der Waals surface area contributed by atoms with Crippen molar-refractivity contribution in [2.75, 3.05) is 46.2 Å². The molecule has 0 aromatic heterocycles. The van der Waals surface area contributed by atoms with Crippen LogP contribution < -0.4 is 0 Å². The molecule has 1 aliphatic heterocycles. The van der Waals surface area contributed by atoms with Crippen LogP contribution >= 0.6 is 0 Å². The van der Waals surface area contributed by atoms with Crippen molar-refractivity contribution in [3.63, 3.8) is 0 Å². The molecule has 28 heavy (non-hydrogen) atoms. The SMILES string of the molecule is C1CCC2CCCCC2[OH+]CCOCCOC2CCCCC2OCCCOC1. The topological polar surface area (TPSA) is 49.7 Å². The monoisotopic (exact) mass is 399 g/mol. The Morgan fingerprint density at radius 1 is 0.500 bits per heavy atom. The van der Waals surface area contributed by atoms with Crippen LogP contribution in [0.15, 0.2) is 0 Å². The van der Waals surface area contributed by atoms with Gasteiger partial charge in [-0.1, -0.05) is 25.7 Å². The van der Waals surface area contributed by atoms with Crippen LogP contribution in [0.25, 0.3) is 0 Å². The van der Waals surface area contributed by atoms with Crippen molar-refractivity contribution < 1.29 is 23.7 Å². The average molecular weight is 400 g/mol. The van der Waals surface area contributed by atoms with Gasteiger partial charge in [0.15, 0.2) is 12.7 Å². The maximum atomic E-state index is 6.13.